The van der Waals surface area contributed by atoms with Crippen molar-refractivity contribution in [3.8, 4) is 0 Å². The highest BCUT2D eigenvalue weighted by Gasteiger charge is 2.41. The van der Waals surface area contributed by atoms with Gasteiger partial charge >= 0.3 is 0 Å². The first kappa shape index (κ1) is 13.4. The van der Waals surface area contributed by atoms with E-state index in [1.165, 1.54) is 0 Å². The molecule has 1 amide bonds. The summed E-state index contributed by atoms with van der Waals surface area (Å²) in [6, 6.07) is 10.1. The van der Waals surface area contributed by atoms with Gasteiger partial charge in [-0.15, -0.1) is 11.8 Å². The number of aliphatic hydroxyl groups is 1. The van der Waals surface area contributed by atoms with Crippen LogP contribution in [0.1, 0.15) is 25.7 Å². The van der Waals surface area contributed by atoms with Gasteiger partial charge < -0.3 is 10.4 Å². The van der Waals surface area contributed by atoms with Gasteiger partial charge in [-0.25, -0.2) is 0 Å². The van der Waals surface area contributed by atoms with Crippen LogP contribution < -0.4 is 5.32 Å². The van der Waals surface area contributed by atoms with Crippen LogP contribution in [0.3, 0.4) is 0 Å². The molecule has 0 saturated heterocycles. The van der Waals surface area contributed by atoms with Crippen molar-refractivity contribution in [2.45, 2.75) is 35.3 Å². The zero-order valence-electron chi connectivity index (χ0n) is 10.4. The van der Waals surface area contributed by atoms with Crippen LogP contribution in [-0.4, -0.2) is 28.9 Å². The maximum atomic E-state index is 12.3. The SMILES string of the molecule is O=C(NCCO)C1(Sc2ccccc2)CCCC1. The molecular weight excluding hydrogens is 246 g/mol. The maximum Gasteiger partial charge on any atom is 0.236 e. The molecule has 1 aromatic carbocycles. The highest BCUT2D eigenvalue weighted by atomic mass is 32.2. The Morgan fingerprint density at radius 3 is 2.56 bits per heavy atom. The lowest BCUT2D eigenvalue weighted by atomic mass is 10.1. The molecule has 98 valence electrons. The minimum absolute atomic E-state index is 0.00216. The van der Waals surface area contributed by atoms with Crippen LogP contribution in [0.2, 0.25) is 0 Å². The van der Waals surface area contributed by atoms with E-state index in [0.29, 0.717) is 6.54 Å². The van der Waals surface area contributed by atoms with Gasteiger partial charge in [-0.05, 0) is 25.0 Å². The average molecular weight is 265 g/mol. The quantitative estimate of drug-likeness (QED) is 0.858. The molecule has 3 nitrogen and oxygen atoms in total. The van der Waals surface area contributed by atoms with Crippen LogP contribution in [0.4, 0.5) is 0 Å². The van der Waals surface area contributed by atoms with Crippen molar-refractivity contribution >= 4 is 17.7 Å². The van der Waals surface area contributed by atoms with Crippen molar-refractivity contribution in [3.05, 3.63) is 30.3 Å². The summed E-state index contributed by atoms with van der Waals surface area (Å²) in [6.45, 7) is 0.341. The van der Waals surface area contributed by atoms with Gasteiger partial charge in [0.2, 0.25) is 5.91 Å². The van der Waals surface area contributed by atoms with E-state index in [4.69, 9.17) is 5.11 Å². The Labute approximate surface area is 112 Å². The van der Waals surface area contributed by atoms with E-state index in [1.54, 1.807) is 11.8 Å². The number of thioether (sulfide) groups is 1. The smallest absolute Gasteiger partial charge is 0.236 e. The monoisotopic (exact) mass is 265 g/mol. The Morgan fingerprint density at radius 2 is 1.94 bits per heavy atom. The molecule has 0 atom stereocenters. The molecule has 1 saturated carbocycles. The maximum absolute atomic E-state index is 12.3. The second-order valence-corrected chi connectivity index (χ2v) is 6.05. The van der Waals surface area contributed by atoms with E-state index in [2.05, 4.69) is 5.32 Å². The minimum atomic E-state index is -0.337. The minimum Gasteiger partial charge on any atom is -0.395 e. The van der Waals surface area contributed by atoms with Crippen LogP contribution in [0.5, 0.6) is 0 Å². The molecular formula is C14H19NO2S. The van der Waals surface area contributed by atoms with Crippen molar-refractivity contribution in [3.63, 3.8) is 0 Å². The summed E-state index contributed by atoms with van der Waals surface area (Å²) < 4.78 is -0.337. The molecule has 18 heavy (non-hydrogen) atoms. The summed E-state index contributed by atoms with van der Waals surface area (Å²) in [7, 11) is 0. The van der Waals surface area contributed by atoms with Gasteiger partial charge in [0.25, 0.3) is 0 Å². The molecule has 1 aliphatic rings. The summed E-state index contributed by atoms with van der Waals surface area (Å²) in [5, 5.41) is 11.6. The second-order valence-electron chi connectivity index (χ2n) is 4.60. The van der Waals surface area contributed by atoms with Crippen LogP contribution in [-0.2, 0) is 4.79 Å². The van der Waals surface area contributed by atoms with Crippen molar-refractivity contribution in [2.24, 2.45) is 0 Å². The lowest BCUT2D eigenvalue weighted by Crippen LogP contribution is -2.43. The Hall–Kier alpha value is -1.00. The molecule has 0 unspecified atom stereocenters. The number of carbonyl (C=O) groups is 1. The largest absolute Gasteiger partial charge is 0.395 e. The first-order valence-corrected chi connectivity index (χ1v) is 7.22. The average Bonchev–Trinajstić information content (AvgIpc) is 2.87. The zero-order valence-corrected chi connectivity index (χ0v) is 11.2. The molecule has 2 N–H and O–H groups in total. The fourth-order valence-electron chi connectivity index (χ4n) is 2.37. The first-order valence-electron chi connectivity index (χ1n) is 6.40. The fraction of sp³-hybridized carbons (Fsp3) is 0.500. The van der Waals surface area contributed by atoms with Gasteiger partial charge in [0, 0.05) is 11.4 Å². The van der Waals surface area contributed by atoms with Crippen LogP contribution in [0.15, 0.2) is 35.2 Å². The summed E-state index contributed by atoms with van der Waals surface area (Å²) >= 11 is 1.66. The number of rotatable bonds is 5. The predicted octanol–water partition coefficient (Wildman–Crippen LogP) is 2.20. The van der Waals surface area contributed by atoms with Crippen molar-refractivity contribution in [2.75, 3.05) is 13.2 Å². The van der Waals surface area contributed by atoms with E-state index >= 15 is 0 Å². The molecule has 0 bridgehead atoms. The molecule has 0 aromatic heterocycles. The molecule has 1 aliphatic carbocycles. The van der Waals surface area contributed by atoms with Crippen LogP contribution in [0, 0.1) is 0 Å². The molecule has 1 aromatic rings. The molecule has 4 heteroatoms. The van der Waals surface area contributed by atoms with Gasteiger partial charge in [0.15, 0.2) is 0 Å². The highest BCUT2D eigenvalue weighted by molar-refractivity contribution is 8.01. The van der Waals surface area contributed by atoms with E-state index < -0.39 is 0 Å². The molecule has 1 fully saturated rings. The normalized spacial score (nSPS) is 17.6. The van der Waals surface area contributed by atoms with Crippen LogP contribution >= 0.6 is 11.8 Å². The van der Waals surface area contributed by atoms with Crippen molar-refractivity contribution < 1.29 is 9.90 Å². The van der Waals surface area contributed by atoms with E-state index in [-0.39, 0.29) is 17.3 Å². The van der Waals surface area contributed by atoms with Gasteiger partial charge in [-0.1, -0.05) is 31.0 Å². The molecule has 2 rings (SSSR count). The summed E-state index contributed by atoms with van der Waals surface area (Å²) in [4.78, 5) is 13.4. The van der Waals surface area contributed by atoms with Gasteiger partial charge in [-0.3, -0.25) is 4.79 Å². The highest BCUT2D eigenvalue weighted by Crippen LogP contribution is 2.45. The van der Waals surface area contributed by atoms with Crippen LogP contribution in [0.25, 0.3) is 0 Å². The van der Waals surface area contributed by atoms with Crippen molar-refractivity contribution in [1.82, 2.24) is 5.32 Å². The van der Waals surface area contributed by atoms with E-state index in [0.717, 1.165) is 30.6 Å². The van der Waals surface area contributed by atoms with Crippen molar-refractivity contribution in [1.29, 1.82) is 0 Å². The fourth-order valence-corrected chi connectivity index (χ4v) is 3.77. The number of amides is 1. The summed E-state index contributed by atoms with van der Waals surface area (Å²) in [5.74, 6) is 0.0721. The molecule has 0 spiro atoms. The Kier molecular flexibility index (Phi) is 4.66. The summed E-state index contributed by atoms with van der Waals surface area (Å²) in [5.41, 5.74) is 0. The van der Waals surface area contributed by atoms with E-state index in [1.807, 2.05) is 30.3 Å². The molecule has 0 radical (unpaired) electrons. The third-order valence-corrected chi connectivity index (χ3v) is 4.77. The number of benzene rings is 1. The number of aliphatic hydroxyl groups excluding tert-OH is 1. The summed E-state index contributed by atoms with van der Waals surface area (Å²) in [6.07, 6.45) is 4.05. The Balaban J connectivity index is 2.09. The third-order valence-electron chi connectivity index (χ3n) is 3.28. The number of carbonyl (C=O) groups excluding carboxylic acids is 1. The second kappa shape index (κ2) is 6.25. The Morgan fingerprint density at radius 1 is 1.28 bits per heavy atom. The number of nitrogens with one attached hydrogen (secondary N) is 1. The predicted molar refractivity (Wildman–Crippen MR) is 73.6 cm³/mol. The zero-order chi connectivity index (χ0) is 12.8. The van der Waals surface area contributed by atoms with Gasteiger partial charge in [-0.2, -0.15) is 0 Å². The Bertz CT molecular complexity index is 388. The number of hydrogen-bond donors (Lipinski definition) is 2. The first-order chi connectivity index (χ1) is 8.77. The van der Waals surface area contributed by atoms with Gasteiger partial charge in [0.05, 0.1) is 11.4 Å². The topological polar surface area (TPSA) is 49.3 Å². The lowest BCUT2D eigenvalue weighted by molar-refractivity contribution is -0.123. The molecule has 0 aliphatic heterocycles. The standard InChI is InChI=1S/C14H19NO2S/c16-11-10-15-13(17)14(8-4-5-9-14)18-12-6-2-1-3-7-12/h1-3,6-7,16H,4-5,8-11H2,(H,15,17). The number of hydrogen-bond acceptors (Lipinski definition) is 3. The third kappa shape index (κ3) is 3.06. The molecule has 0 heterocycles. The lowest BCUT2D eigenvalue weighted by Gasteiger charge is -2.27. The van der Waals surface area contributed by atoms with E-state index in [9.17, 15) is 4.79 Å². The van der Waals surface area contributed by atoms with Gasteiger partial charge in [0.1, 0.15) is 0 Å².